The maximum atomic E-state index is 12.7. The fourth-order valence-corrected chi connectivity index (χ4v) is 2.56. The van der Waals surface area contributed by atoms with Crippen molar-refractivity contribution in [3.8, 4) is 0 Å². The van der Waals surface area contributed by atoms with Crippen molar-refractivity contribution in [2.24, 2.45) is 0 Å². The van der Waals surface area contributed by atoms with Crippen LogP contribution in [0.3, 0.4) is 0 Å². The predicted molar refractivity (Wildman–Crippen MR) is 92.3 cm³/mol. The summed E-state index contributed by atoms with van der Waals surface area (Å²) < 4.78 is 10.5. The molecule has 2 aromatic heterocycles. The maximum absolute atomic E-state index is 12.7. The topological polar surface area (TPSA) is 72.6 Å². The monoisotopic (exact) mass is 338 g/mol. The summed E-state index contributed by atoms with van der Waals surface area (Å²) in [6, 6.07) is 12.3. The molecule has 0 spiro atoms. The number of benzene rings is 1. The first-order valence-electron chi connectivity index (χ1n) is 7.81. The smallest absolute Gasteiger partial charge is 0.356 e. The molecule has 25 heavy (non-hydrogen) atoms. The number of hydrogen-bond donors (Lipinski definition) is 0. The summed E-state index contributed by atoms with van der Waals surface area (Å²) in [5.41, 5.74) is 1.24. The number of rotatable bonds is 4. The Kier molecular flexibility index (Phi) is 4.52. The van der Waals surface area contributed by atoms with E-state index in [9.17, 15) is 9.59 Å². The van der Waals surface area contributed by atoms with E-state index in [0.717, 1.165) is 11.0 Å². The van der Waals surface area contributed by atoms with E-state index in [-0.39, 0.29) is 17.6 Å². The molecule has 0 saturated heterocycles. The van der Waals surface area contributed by atoms with Gasteiger partial charge in [-0.15, -0.1) is 0 Å². The standard InChI is InChI=1S/C19H18N2O4/c1-12(17-11-13-6-4-5-7-16(13)25-17)21(2)18(22)14-8-9-20-15(10-14)19(23)24-3/h4-12H,1-3H3/t12-/m0/s1. The van der Waals surface area contributed by atoms with Crippen molar-refractivity contribution in [2.45, 2.75) is 13.0 Å². The van der Waals surface area contributed by atoms with Crippen LogP contribution in [0, 0.1) is 0 Å². The third-order valence-corrected chi connectivity index (χ3v) is 4.16. The molecule has 0 aliphatic heterocycles. The van der Waals surface area contributed by atoms with E-state index in [2.05, 4.69) is 9.72 Å². The van der Waals surface area contributed by atoms with Gasteiger partial charge in [-0.05, 0) is 31.2 Å². The highest BCUT2D eigenvalue weighted by Gasteiger charge is 2.23. The number of hydrogen-bond acceptors (Lipinski definition) is 5. The van der Waals surface area contributed by atoms with Gasteiger partial charge in [-0.1, -0.05) is 18.2 Å². The van der Waals surface area contributed by atoms with Gasteiger partial charge >= 0.3 is 5.97 Å². The van der Waals surface area contributed by atoms with Crippen molar-refractivity contribution < 1.29 is 18.7 Å². The summed E-state index contributed by atoms with van der Waals surface area (Å²) in [5, 5.41) is 0.988. The molecule has 0 radical (unpaired) electrons. The first kappa shape index (κ1) is 16.7. The highest BCUT2D eigenvalue weighted by Crippen LogP contribution is 2.27. The van der Waals surface area contributed by atoms with Crippen LogP contribution in [0.2, 0.25) is 0 Å². The van der Waals surface area contributed by atoms with Gasteiger partial charge in [-0.25, -0.2) is 9.78 Å². The largest absolute Gasteiger partial charge is 0.464 e. The first-order chi connectivity index (χ1) is 12.0. The second-order valence-electron chi connectivity index (χ2n) is 5.70. The third kappa shape index (κ3) is 3.24. The lowest BCUT2D eigenvalue weighted by molar-refractivity contribution is 0.0594. The fraction of sp³-hybridized carbons (Fsp3) is 0.211. The first-order valence-corrected chi connectivity index (χ1v) is 7.81. The average molecular weight is 338 g/mol. The lowest BCUT2D eigenvalue weighted by atomic mass is 10.1. The average Bonchev–Trinajstić information content (AvgIpc) is 3.09. The number of methoxy groups -OCH3 is 1. The van der Waals surface area contributed by atoms with Crippen molar-refractivity contribution in [1.82, 2.24) is 9.88 Å². The molecule has 6 heteroatoms. The Morgan fingerprint density at radius 3 is 2.68 bits per heavy atom. The lowest BCUT2D eigenvalue weighted by Crippen LogP contribution is -2.29. The Morgan fingerprint density at radius 1 is 1.20 bits per heavy atom. The van der Waals surface area contributed by atoms with E-state index in [1.165, 1.54) is 19.4 Å². The van der Waals surface area contributed by atoms with Crippen molar-refractivity contribution in [3.63, 3.8) is 0 Å². The van der Waals surface area contributed by atoms with E-state index >= 15 is 0 Å². The van der Waals surface area contributed by atoms with Crippen LogP contribution in [-0.4, -0.2) is 35.9 Å². The van der Waals surface area contributed by atoms with Crippen molar-refractivity contribution in [2.75, 3.05) is 14.2 Å². The molecule has 6 nitrogen and oxygen atoms in total. The maximum Gasteiger partial charge on any atom is 0.356 e. The van der Waals surface area contributed by atoms with Crippen molar-refractivity contribution in [1.29, 1.82) is 0 Å². The molecular weight excluding hydrogens is 320 g/mol. The Labute approximate surface area is 145 Å². The van der Waals surface area contributed by atoms with Crippen LogP contribution in [0.15, 0.2) is 53.1 Å². The number of carbonyl (C=O) groups excluding carboxylic acids is 2. The molecule has 0 fully saturated rings. The highest BCUT2D eigenvalue weighted by molar-refractivity contribution is 5.97. The molecule has 0 saturated carbocycles. The van der Waals surface area contributed by atoms with Crippen LogP contribution in [0.1, 0.15) is 39.6 Å². The van der Waals surface area contributed by atoms with E-state index in [1.54, 1.807) is 18.0 Å². The molecule has 0 aliphatic carbocycles. The van der Waals surface area contributed by atoms with Crippen molar-refractivity contribution >= 4 is 22.8 Å². The Balaban J connectivity index is 1.85. The number of aromatic nitrogens is 1. The second kappa shape index (κ2) is 6.76. The number of ether oxygens (including phenoxy) is 1. The molecule has 0 N–H and O–H groups in total. The SMILES string of the molecule is COC(=O)c1cc(C(=O)N(C)[C@@H](C)c2cc3ccccc3o2)ccn1. The number of fused-ring (bicyclic) bond motifs is 1. The zero-order valence-corrected chi connectivity index (χ0v) is 14.2. The van der Waals surface area contributed by atoms with Gasteiger partial charge in [-0.3, -0.25) is 4.79 Å². The third-order valence-electron chi connectivity index (χ3n) is 4.16. The number of para-hydroxylation sites is 1. The molecule has 0 aliphatic rings. The lowest BCUT2D eigenvalue weighted by Gasteiger charge is -2.23. The van der Waals surface area contributed by atoms with Gasteiger partial charge in [-0.2, -0.15) is 0 Å². The number of pyridine rings is 1. The number of carbonyl (C=O) groups is 2. The van der Waals surface area contributed by atoms with E-state index in [1.807, 2.05) is 37.3 Å². The summed E-state index contributed by atoms with van der Waals surface area (Å²) in [5.74, 6) is -0.123. The Morgan fingerprint density at radius 2 is 1.96 bits per heavy atom. The van der Waals surface area contributed by atoms with Gasteiger partial charge < -0.3 is 14.1 Å². The molecule has 0 unspecified atom stereocenters. The molecule has 1 aromatic carbocycles. The zero-order chi connectivity index (χ0) is 18.0. The molecule has 2 heterocycles. The summed E-state index contributed by atoms with van der Waals surface area (Å²) >= 11 is 0. The van der Waals surface area contributed by atoms with Crippen LogP contribution >= 0.6 is 0 Å². The van der Waals surface area contributed by atoms with Gasteiger partial charge in [0.15, 0.2) is 0 Å². The minimum Gasteiger partial charge on any atom is -0.464 e. The minimum absolute atomic E-state index is 0.0955. The fourth-order valence-electron chi connectivity index (χ4n) is 2.56. The number of esters is 1. The van der Waals surface area contributed by atoms with Gasteiger partial charge in [0.05, 0.1) is 13.2 Å². The second-order valence-corrected chi connectivity index (χ2v) is 5.70. The van der Waals surface area contributed by atoms with Gasteiger partial charge in [0.2, 0.25) is 0 Å². The summed E-state index contributed by atoms with van der Waals surface area (Å²) in [7, 11) is 2.96. The van der Waals surface area contributed by atoms with E-state index in [4.69, 9.17) is 4.42 Å². The van der Waals surface area contributed by atoms with Crippen molar-refractivity contribution in [3.05, 3.63) is 65.7 Å². The van der Waals surface area contributed by atoms with Crippen LogP contribution < -0.4 is 0 Å². The molecule has 128 valence electrons. The predicted octanol–water partition coefficient (Wildman–Crippen LogP) is 3.45. The highest BCUT2D eigenvalue weighted by atomic mass is 16.5. The van der Waals surface area contributed by atoms with Gasteiger partial charge in [0.25, 0.3) is 5.91 Å². The zero-order valence-electron chi connectivity index (χ0n) is 14.2. The molecule has 1 amide bonds. The minimum atomic E-state index is -0.581. The molecule has 0 bridgehead atoms. The summed E-state index contributed by atoms with van der Waals surface area (Å²) in [6.07, 6.45) is 1.42. The molecular formula is C19H18N2O4. The Bertz CT molecular complexity index is 899. The van der Waals surface area contributed by atoms with E-state index in [0.29, 0.717) is 11.3 Å². The van der Waals surface area contributed by atoms with Crippen LogP contribution in [-0.2, 0) is 4.74 Å². The van der Waals surface area contributed by atoms with Crippen LogP contribution in [0.4, 0.5) is 0 Å². The summed E-state index contributed by atoms with van der Waals surface area (Å²) in [6.45, 7) is 1.89. The number of amides is 1. The van der Waals surface area contributed by atoms with Crippen LogP contribution in [0.5, 0.6) is 0 Å². The molecule has 1 atom stereocenters. The molecule has 3 aromatic rings. The number of nitrogens with zero attached hydrogens (tertiary/aromatic N) is 2. The quantitative estimate of drug-likeness (QED) is 0.681. The van der Waals surface area contributed by atoms with Gasteiger partial charge in [0, 0.05) is 24.2 Å². The van der Waals surface area contributed by atoms with E-state index < -0.39 is 5.97 Å². The van der Waals surface area contributed by atoms with Crippen LogP contribution in [0.25, 0.3) is 11.0 Å². The Hall–Kier alpha value is -3.15. The number of furan rings is 1. The normalized spacial score (nSPS) is 12.0. The molecule has 3 rings (SSSR count). The van der Waals surface area contributed by atoms with Gasteiger partial charge in [0.1, 0.15) is 17.0 Å². The summed E-state index contributed by atoms with van der Waals surface area (Å²) in [4.78, 5) is 29.8.